The van der Waals surface area contributed by atoms with Crippen LogP contribution in [0.3, 0.4) is 0 Å². The fourth-order valence-corrected chi connectivity index (χ4v) is 3.71. The first kappa shape index (κ1) is 20.7. The Balaban J connectivity index is 2.10. The molecule has 1 saturated carbocycles. The zero-order chi connectivity index (χ0) is 19.0. The predicted octanol–water partition coefficient (Wildman–Crippen LogP) is 2.97. The van der Waals surface area contributed by atoms with Crippen molar-refractivity contribution in [2.75, 3.05) is 26.0 Å². The summed E-state index contributed by atoms with van der Waals surface area (Å²) in [6, 6.07) is 6.91. The molecular weight excluding hydrogens is 354 g/mol. The smallest absolute Gasteiger partial charge is 0.308 e. The van der Waals surface area contributed by atoms with E-state index in [0.29, 0.717) is 19.7 Å². The van der Waals surface area contributed by atoms with Crippen LogP contribution in [-0.2, 0) is 26.2 Å². The molecule has 1 amide bonds. The van der Waals surface area contributed by atoms with Gasteiger partial charge in [0.2, 0.25) is 5.91 Å². The molecule has 6 nitrogen and oxygen atoms in total. The highest BCUT2D eigenvalue weighted by atomic mass is 32.2. The number of benzene rings is 1. The van der Waals surface area contributed by atoms with E-state index in [9.17, 15) is 13.2 Å². The van der Waals surface area contributed by atoms with Gasteiger partial charge in [0.1, 0.15) is 5.75 Å². The zero-order valence-corrected chi connectivity index (χ0v) is 16.5. The van der Waals surface area contributed by atoms with E-state index in [1.54, 1.807) is 25.3 Å². The normalized spacial score (nSPS) is 15.6. The molecule has 0 heterocycles. The highest BCUT2D eigenvalue weighted by Gasteiger charge is 2.26. The van der Waals surface area contributed by atoms with Crippen LogP contribution < -0.4 is 4.18 Å². The second kappa shape index (κ2) is 9.92. The van der Waals surface area contributed by atoms with Crippen LogP contribution in [0.4, 0.5) is 0 Å². The van der Waals surface area contributed by atoms with Gasteiger partial charge in [-0.1, -0.05) is 31.4 Å². The van der Waals surface area contributed by atoms with Crippen LogP contribution in [0.5, 0.6) is 5.75 Å². The Morgan fingerprint density at radius 3 is 2.62 bits per heavy atom. The van der Waals surface area contributed by atoms with Crippen LogP contribution in [-0.4, -0.2) is 45.2 Å². The van der Waals surface area contributed by atoms with Crippen molar-refractivity contribution in [1.82, 2.24) is 4.90 Å². The molecule has 1 aliphatic carbocycles. The van der Waals surface area contributed by atoms with Gasteiger partial charge in [-0.25, -0.2) is 0 Å². The second-order valence-corrected chi connectivity index (χ2v) is 8.52. The van der Waals surface area contributed by atoms with Crippen molar-refractivity contribution < 1.29 is 22.1 Å². The number of hydrogen-bond acceptors (Lipinski definition) is 5. The van der Waals surface area contributed by atoms with Gasteiger partial charge in [0.05, 0.1) is 12.4 Å². The minimum absolute atomic E-state index is 0.0838. The molecule has 0 aliphatic heterocycles. The van der Waals surface area contributed by atoms with Gasteiger partial charge in [-0.05, 0) is 37.5 Å². The van der Waals surface area contributed by atoms with E-state index < -0.39 is 10.1 Å². The maximum Gasteiger partial charge on any atom is 0.308 e. The van der Waals surface area contributed by atoms with Crippen LogP contribution >= 0.6 is 0 Å². The Morgan fingerprint density at radius 2 is 1.96 bits per heavy atom. The summed E-state index contributed by atoms with van der Waals surface area (Å²) in [5.74, 6) is 0.438. The van der Waals surface area contributed by atoms with Gasteiger partial charge in [0, 0.05) is 26.1 Å². The van der Waals surface area contributed by atoms with E-state index in [1.807, 2.05) is 11.0 Å². The van der Waals surface area contributed by atoms with Crippen LogP contribution in [0.2, 0.25) is 0 Å². The molecule has 0 radical (unpaired) electrons. The minimum Gasteiger partial charge on any atom is -0.383 e. The third-order valence-corrected chi connectivity index (χ3v) is 5.83. The van der Waals surface area contributed by atoms with Crippen LogP contribution in [0.1, 0.15) is 44.6 Å². The van der Waals surface area contributed by atoms with E-state index in [4.69, 9.17) is 8.92 Å². The lowest BCUT2D eigenvalue weighted by Crippen LogP contribution is -2.38. The highest BCUT2D eigenvalue weighted by molar-refractivity contribution is 7.87. The summed E-state index contributed by atoms with van der Waals surface area (Å²) in [6.07, 6.45) is 5.30. The fourth-order valence-electron chi connectivity index (χ4n) is 3.20. The first-order valence-corrected chi connectivity index (χ1v) is 10.8. The lowest BCUT2D eigenvalue weighted by molar-refractivity contribution is -0.137. The quantitative estimate of drug-likeness (QED) is 0.613. The maximum atomic E-state index is 12.9. The fraction of sp³-hybridized carbons (Fsp3) is 0.632. The molecule has 1 aromatic carbocycles. The van der Waals surface area contributed by atoms with Crippen LogP contribution in [0.25, 0.3) is 0 Å². The van der Waals surface area contributed by atoms with Crippen molar-refractivity contribution in [3.8, 4) is 5.75 Å². The van der Waals surface area contributed by atoms with Crippen molar-refractivity contribution in [3.05, 3.63) is 29.8 Å². The molecule has 0 aromatic heterocycles. The van der Waals surface area contributed by atoms with E-state index in [0.717, 1.165) is 31.2 Å². The van der Waals surface area contributed by atoms with Crippen molar-refractivity contribution >= 4 is 16.0 Å². The lowest BCUT2D eigenvalue weighted by Gasteiger charge is -2.29. The van der Waals surface area contributed by atoms with E-state index in [2.05, 4.69) is 0 Å². The molecule has 2 rings (SSSR count). The lowest BCUT2D eigenvalue weighted by atomic mass is 9.88. The summed E-state index contributed by atoms with van der Waals surface area (Å²) in [5, 5.41) is 0. The maximum absolute atomic E-state index is 12.9. The molecule has 1 aliphatic rings. The third kappa shape index (κ3) is 6.29. The van der Waals surface area contributed by atoms with E-state index in [1.165, 1.54) is 13.3 Å². The molecule has 7 heteroatoms. The van der Waals surface area contributed by atoms with E-state index >= 15 is 0 Å². The molecule has 1 fully saturated rings. The first-order chi connectivity index (χ1) is 12.4. The largest absolute Gasteiger partial charge is 0.383 e. The predicted molar refractivity (Wildman–Crippen MR) is 100 cm³/mol. The van der Waals surface area contributed by atoms with Crippen molar-refractivity contribution in [1.29, 1.82) is 0 Å². The Hall–Kier alpha value is -1.60. The average Bonchev–Trinajstić information content (AvgIpc) is 2.65. The molecule has 0 atom stereocenters. The topological polar surface area (TPSA) is 72.9 Å². The summed E-state index contributed by atoms with van der Waals surface area (Å²) < 4.78 is 33.5. The summed E-state index contributed by atoms with van der Waals surface area (Å²) in [5.41, 5.74) is 0.842. The highest BCUT2D eigenvalue weighted by Crippen LogP contribution is 2.26. The number of amides is 1. The SMILES string of the molecule is CCS(=O)(=O)Oc1cccc(CN(CCOC)C(=O)C2CCCCC2)c1. The summed E-state index contributed by atoms with van der Waals surface area (Å²) >= 11 is 0. The molecule has 146 valence electrons. The standard InChI is InChI=1S/C19H29NO5S/c1-3-26(22,23)25-18-11-7-8-16(14-18)15-20(12-13-24-2)19(21)17-9-5-4-6-10-17/h7-8,11,14,17H,3-6,9-10,12-13,15H2,1-2H3. The Morgan fingerprint density at radius 1 is 1.23 bits per heavy atom. The number of nitrogens with zero attached hydrogens (tertiary/aromatic N) is 1. The van der Waals surface area contributed by atoms with Crippen molar-refractivity contribution in [2.24, 2.45) is 5.92 Å². The number of carbonyl (C=O) groups excluding carboxylic acids is 1. The minimum atomic E-state index is -3.57. The molecule has 26 heavy (non-hydrogen) atoms. The van der Waals surface area contributed by atoms with Crippen molar-refractivity contribution in [3.63, 3.8) is 0 Å². The van der Waals surface area contributed by atoms with Gasteiger partial charge in [-0.15, -0.1) is 0 Å². The molecule has 0 unspecified atom stereocenters. The van der Waals surface area contributed by atoms with Gasteiger partial charge < -0.3 is 13.8 Å². The average molecular weight is 384 g/mol. The van der Waals surface area contributed by atoms with Gasteiger partial charge in [0.25, 0.3) is 0 Å². The molecule has 0 bridgehead atoms. The van der Waals surface area contributed by atoms with Gasteiger partial charge in [-0.2, -0.15) is 8.42 Å². The first-order valence-electron chi connectivity index (χ1n) is 9.24. The summed E-state index contributed by atoms with van der Waals surface area (Å²) in [4.78, 5) is 14.7. The van der Waals surface area contributed by atoms with Gasteiger partial charge in [0.15, 0.2) is 0 Å². The molecule has 0 spiro atoms. The summed E-state index contributed by atoms with van der Waals surface area (Å²) in [6.45, 7) is 2.94. The van der Waals surface area contributed by atoms with Gasteiger partial charge >= 0.3 is 10.1 Å². The van der Waals surface area contributed by atoms with E-state index in [-0.39, 0.29) is 23.3 Å². The molecular formula is C19H29NO5S. The Bertz CT molecular complexity index is 683. The van der Waals surface area contributed by atoms with Gasteiger partial charge in [-0.3, -0.25) is 4.79 Å². The third-order valence-electron chi connectivity index (χ3n) is 4.68. The molecule has 0 saturated heterocycles. The Kier molecular flexibility index (Phi) is 7.90. The molecule has 0 N–H and O–H groups in total. The van der Waals surface area contributed by atoms with Crippen LogP contribution in [0.15, 0.2) is 24.3 Å². The number of ether oxygens (including phenoxy) is 1. The monoisotopic (exact) mass is 383 g/mol. The van der Waals surface area contributed by atoms with Crippen molar-refractivity contribution in [2.45, 2.75) is 45.6 Å². The molecule has 1 aromatic rings. The number of carbonyl (C=O) groups is 1. The Labute approximate surface area is 156 Å². The number of hydrogen-bond donors (Lipinski definition) is 0. The number of rotatable bonds is 9. The zero-order valence-electron chi connectivity index (χ0n) is 15.6. The summed E-state index contributed by atoms with van der Waals surface area (Å²) in [7, 11) is -1.95. The second-order valence-electron chi connectivity index (χ2n) is 6.66. The van der Waals surface area contributed by atoms with Crippen LogP contribution in [0, 0.1) is 5.92 Å². The number of methoxy groups -OCH3 is 1.